The van der Waals surface area contributed by atoms with Crippen LogP contribution in [0.2, 0.25) is 0 Å². The molecule has 0 bridgehead atoms. The van der Waals surface area contributed by atoms with Gasteiger partial charge in [-0.15, -0.1) is 0 Å². The summed E-state index contributed by atoms with van der Waals surface area (Å²) in [7, 11) is -3.68. The van der Waals surface area contributed by atoms with Crippen LogP contribution in [0.3, 0.4) is 0 Å². The summed E-state index contributed by atoms with van der Waals surface area (Å²) in [6.45, 7) is 4.18. The van der Waals surface area contributed by atoms with Gasteiger partial charge in [-0.05, 0) is 44.4 Å². The van der Waals surface area contributed by atoms with Crippen molar-refractivity contribution in [2.24, 2.45) is 0 Å². The van der Waals surface area contributed by atoms with Gasteiger partial charge in [0.05, 0.1) is 10.9 Å². The summed E-state index contributed by atoms with van der Waals surface area (Å²) in [5, 5.41) is 2.96. The minimum absolute atomic E-state index is 0.173. The lowest BCUT2D eigenvalue weighted by Crippen LogP contribution is -2.46. The molecule has 3 rings (SSSR count). The number of nitrogens with zero attached hydrogens (tertiary/aromatic N) is 1. The molecule has 2 aromatic carbocycles. The molecule has 2 aromatic rings. The number of nitrogens with one attached hydrogen (secondary N) is 1. The average molecular weight is 372 g/mol. The van der Waals surface area contributed by atoms with E-state index in [0.717, 1.165) is 11.1 Å². The van der Waals surface area contributed by atoms with Crippen LogP contribution in [0.5, 0.6) is 0 Å². The molecule has 6 heteroatoms. The molecular weight excluding hydrogens is 348 g/mol. The highest BCUT2D eigenvalue weighted by Gasteiger charge is 2.39. The Bertz CT molecular complexity index is 864. The summed E-state index contributed by atoms with van der Waals surface area (Å²) in [5.74, 6) is -0.241. The third-order valence-electron chi connectivity index (χ3n) is 4.79. The second-order valence-corrected chi connectivity index (χ2v) is 8.62. The Kier molecular flexibility index (Phi) is 5.44. The van der Waals surface area contributed by atoms with Crippen LogP contribution >= 0.6 is 0 Å². The largest absolute Gasteiger partial charge is 0.348 e. The first-order valence-electron chi connectivity index (χ1n) is 8.83. The molecule has 0 aliphatic carbocycles. The molecule has 1 fully saturated rings. The minimum atomic E-state index is -3.68. The van der Waals surface area contributed by atoms with Gasteiger partial charge in [0.25, 0.3) is 0 Å². The number of benzene rings is 2. The topological polar surface area (TPSA) is 66.5 Å². The van der Waals surface area contributed by atoms with E-state index in [0.29, 0.717) is 19.4 Å². The van der Waals surface area contributed by atoms with Crippen molar-refractivity contribution >= 4 is 15.9 Å². The summed E-state index contributed by atoms with van der Waals surface area (Å²) in [4.78, 5) is 13.0. The molecule has 0 spiro atoms. The fourth-order valence-electron chi connectivity index (χ4n) is 3.27. The van der Waals surface area contributed by atoms with Gasteiger partial charge in [0.1, 0.15) is 6.04 Å². The number of hydrogen-bond donors (Lipinski definition) is 1. The summed E-state index contributed by atoms with van der Waals surface area (Å²) in [6, 6.07) is 15.6. The molecule has 1 aliphatic rings. The lowest BCUT2D eigenvalue weighted by Gasteiger charge is -2.25. The van der Waals surface area contributed by atoms with E-state index < -0.39 is 16.1 Å². The van der Waals surface area contributed by atoms with Crippen LogP contribution < -0.4 is 5.32 Å². The third kappa shape index (κ3) is 3.81. The number of aryl methyl sites for hydroxylation is 1. The number of amides is 1. The Morgan fingerprint density at radius 2 is 1.77 bits per heavy atom. The molecule has 1 saturated heterocycles. The molecule has 1 heterocycles. The Morgan fingerprint density at radius 3 is 2.42 bits per heavy atom. The SMILES string of the molecule is Cc1ccc(S(=O)(=O)N2CCC[C@@H]2C(=O)N[C@@H](C)c2ccccc2)cc1. The van der Waals surface area contributed by atoms with E-state index >= 15 is 0 Å². The number of carbonyl (C=O) groups is 1. The lowest BCUT2D eigenvalue weighted by molar-refractivity contribution is -0.124. The monoisotopic (exact) mass is 372 g/mol. The van der Waals surface area contributed by atoms with Crippen molar-refractivity contribution in [3.63, 3.8) is 0 Å². The van der Waals surface area contributed by atoms with Crippen LogP contribution in [-0.4, -0.2) is 31.2 Å². The van der Waals surface area contributed by atoms with Gasteiger partial charge in [-0.1, -0.05) is 48.0 Å². The maximum atomic E-state index is 13.0. The molecule has 0 saturated carbocycles. The summed E-state index contributed by atoms with van der Waals surface area (Å²) in [5.41, 5.74) is 1.99. The molecule has 2 atom stereocenters. The smallest absolute Gasteiger partial charge is 0.243 e. The second-order valence-electron chi connectivity index (χ2n) is 6.73. The van der Waals surface area contributed by atoms with Gasteiger partial charge < -0.3 is 5.32 Å². The van der Waals surface area contributed by atoms with Gasteiger partial charge in [0.2, 0.25) is 15.9 Å². The van der Waals surface area contributed by atoms with E-state index in [9.17, 15) is 13.2 Å². The fourth-order valence-corrected chi connectivity index (χ4v) is 4.93. The van der Waals surface area contributed by atoms with Crippen LogP contribution in [0, 0.1) is 6.92 Å². The van der Waals surface area contributed by atoms with Gasteiger partial charge >= 0.3 is 0 Å². The average Bonchev–Trinajstić information content (AvgIpc) is 3.13. The molecule has 1 N–H and O–H groups in total. The predicted octanol–water partition coefficient (Wildman–Crippen LogP) is 3.03. The van der Waals surface area contributed by atoms with Crippen LogP contribution in [0.4, 0.5) is 0 Å². The molecule has 138 valence electrons. The summed E-state index contributed by atoms with van der Waals surface area (Å²) < 4.78 is 27.3. The van der Waals surface area contributed by atoms with Gasteiger partial charge in [-0.2, -0.15) is 4.31 Å². The zero-order valence-electron chi connectivity index (χ0n) is 15.1. The fraction of sp³-hybridized carbons (Fsp3) is 0.350. The highest BCUT2D eigenvalue weighted by molar-refractivity contribution is 7.89. The first-order valence-corrected chi connectivity index (χ1v) is 10.3. The standard InChI is InChI=1S/C20H24N2O3S/c1-15-10-12-18(13-11-15)26(24,25)22-14-6-9-19(22)20(23)21-16(2)17-7-4-3-5-8-17/h3-5,7-8,10-13,16,19H,6,9,14H2,1-2H3,(H,21,23)/t16-,19+/m0/s1. The Balaban J connectivity index is 1.77. The molecule has 26 heavy (non-hydrogen) atoms. The minimum Gasteiger partial charge on any atom is -0.348 e. The van der Waals surface area contributed by atoms with Crippen molar-refractivity contribution in [3.8, 4) is 0 Å². The molecule has 0 aromatic heterocycles. The normalized spacial score (nSPS) is 19.2. The summed E-state index contributed by atoms with van der Waals surface area (Å²) >= 11 is 0. The van der Waals surface area contributed by atoms with E-state index in [2.05, 4.69) is 5.32 Å². The number of carbonyl (C=O) groups excluding carboxylic acids is 1. The zero-order valence-corrected chi connectivity index (χ0v) is 15.9. The molecular formula is C20H24N2O3S. The molecule has 1 amide bonds. The van der Waals surface area contributed by atoms with Crippen molar-refractivity contribution in [2.45, 2.75) is 43.7 Å². The zero-order chi connectivity index (χ0) is 18.7. The van der Waals surface area contributed by atoms with E-state index in [4.69, 9.17) is 0 Å². The van der Waals surface area contributed by atoms with E-state index in [-0.39, 0.29) is 16.8 Å². The van der Waals surface area contributed by atoms with Crippen LogP contribution in [0.15, 0.2) is 59.5 Å². The van der Waals surface area contributed by atoms with Gasteiger partial charge in [0, 0.05) is 6.54 Å². The highest BCUT2D eigenvalue weighted by Crippen LogP contribution is 2.27. The van der Waals surface area contributed by atoms with Crippen molar-refractivity contribution in [1.82, 2.24) is 9.62 Å². The first-order chi connectivity index (χ1) is 12.4. The first kappa shape index (κ1) is 18.6. The number of hydrogen-bond acceptors (Lipinski definition) is 3. The maximum absolute atomic E-state index is 13.0. The van der Waals surface area contributed by atoms with Crippen LogP contribution in [-0.2, 0) is 14.8 Å². The Morgan fingerprint density at radius 1 is 1.12 bits per heavy atom. The van der Waals surface area contributed by atoms with E-state index in [1.165, 1.54) is 4.31 Å². The van der Waals surface area contributed by atoms with Gasteiger partial charge in [-0.3, -0.25) is 4.79 Å². The van der Waals surface area contributed by atoms with Crippen molar-refractivity contribution in [3.05, 3.63) is 65.7 Å². The van der Waals surface area contributed by atoms with Gasteiger partial charge in [-0.25, -0.2) is 8.42 Å². The molecule has 0 radical (unpaired) electrons. The Hall–Kier alpha value is -2.18. The number of rotatable bonds is 5. The molecule has 0 unspecified atom stereocenters. The maximum Gasteiger partial charge on any atom is 0.243 e. The Labute approximate surface area is 155 Å². The van der Waals surface area contributed by atoms with Crippen molar-refractivity contribution in [1.29, 1.82) is 0 Å². The predicted molar refractivity (Wildman–Crippen MR) is 101 cm³/mol. The highest BCUT2D eigenvalue weighted by atomic mass is 32.2. The number of sulfonamides is 1. The van der Waals surface area contributed by atoms with Crippen LogP contribution in [0.25, 0.3) is 0 Å². The molecule has 5 nitrogen and oxygen atoms in total. The van der Waals surface area contributed by atoms with Crippen molar-refractivity contribution in [2.75, 3.05) is 6.54 Å². The summed E-state index contributed by atoms with van der Waals surface area (Å²) in [6.07, 6.45) is 1.22. The van der Waals surface area contributed by atoms with Crippen molar-refractivity contribution < 1.29 is 13.2 Å². The van der Waals surface area contributed by atoms with E-state index in [1.54, 1.807) is 24.3 Å². The quantitative estimate of drug-likeness (QED) is 0.877. The lowest BCUT2D eigenvalue weighted by atomic mass is 10.1. The third-order valence-corrected chi connectivity index (χ3v) is 6.71. The molecule has 1 aliphatic heterocycles. The second kappa shape index (κ2) is 7.60. The van der Waals surface area contributed by atoms with Crippen LogP contribution in [0.1, 0.15) is 36.9 Å². The van der Waals surface area contributed by atoms with Gasteiger partial charge in [0.15, 0.2) is 0 Å². The van der Waals surface area contributed by atoms with E-state index in [1.807, 2.05) is 44.2 Å².